The van der Waals surface area contributed by atoms with Gasteiger partial charge in [0, 0.05) is 6.54 Å². The summed E-state index contributed by atoms with van der Waals surface area (Å²) >= 11 is 0. The molecule has 2 aromatic carbocycles. The van der Waals surface area contributed by atoms with Gasteiger partial charge in [-0.15, -0.1) is 0 Å². The van der Waals surface area contributed by atoms with Crippen molar-refractivity contribution in [2.45, 2.75) is 52.0 Å². The highest BCUT2D eigenvalue weighted by Gasteiger charge is 2.26. The molecule has 0 aliphatic rings. The zero-order valence-electron chi connectivity index (χ0n) is 15.1. The standard InChI is InChI=1S/C21H28N2O2/c1-3-13-21(2,22)20(24)23-14-18-11-7-8-12-19(18)16-25-15-17-9-5-4-6-10-17/h4-12H,3,13-16,22H2,1-2H3,(H,23,24). The molecule has 2 aromatic rings. The fourth-order valence-corrected chi connectivity index (χ4v) is 2.73. The topological polar surface area (TPSA) is 64.4 Å². The maximum atomic E-state index is 12.3. The number of ether oxygens (including phenoxy) is 1. The number of benzene rings is 2. The normalized spacial score (nSPS) is 13.2. The molecule has 1 amide bonds. The highest BCUT2D eigenvalue weighted by molar-refractivity contribution is 5.85. The third-order valence-electron chi connectivity index (χ3n) is 4.21. The van der Waals surface area contributed by atoms with E-state index < -0.39 is 5.54 Å². The molecular weight excluding hydrogens is 312 g/mol. The van der Waals surface area contributed by atoms with Crippen molar-refractivity contribution in [3.63, 3.8) is 0 Å². The Morgan fingerprint density at radius 1 is 1.04 bits per heavy atom. The number of carbonyl (C=O) groups is 1. The molecule has 0 saturated carbocycles. The Morgan fingerprint density at radius 2 is 1.68 bits per heavy atom. The molecule has 134 valence electrons. The van der Waals surface area contributed by atoms with Crippen LogP contribution in [0.1, 0.15) is 43.4 Å². The maximum Gasteiger partial charge on any atom is 0.240 e. The summed E-state index contributed by atoms with van der Waals surface area (Å²) in [6.07, 6.45) is 1.55. The van der Waals surface area contributed by atoms with Crippen LogP contribution >= 0.6 is 0 Å². The van der Waals surface area contributed by atoms with Crippen LogP contribution in [0.4, 0.5) is 0 Å². The first-order valence-corrected chi connectivity index (χ1v) is 8.78. The Kier molecular flexibility index (Phi) is 7.16. The SMILES string of the molecule is CCCC(C)(N)C(=O)NCc1ccccc1COCc1ccccc1. The molecule has 0 spiro atoms. The fourth-order valence-electron chi connectivity index (χ4n) is 2.73. The minimum absolute atomic E-state index is 0.116. The summed E-state index contributed by atoms with van der Waals surface area (Å²) in [5.41, 5.74) is 8.53. The van der Waals surface area contributed by atoms with Gasteiger partial charge in [0.15, 0.2) is 0 Å². The zero-order valence-corrected chi connectivity index (χ0v) is 15.1. The van der Waals surface area contributed by atoms with Crippen LogP contribution in [0, 0.1) is 0 Å². The van der Waals surface area contributed by atoms with Crippen molar-refractivity contribution in [2.75, 3.05) is 0 Å². The van der Waals surface area contributed by atoms with Gasteiger partial charge in [0.1, 0.15) is 0 Å². The van der Waals surface area contributed by atoms with E-state index in [0.717, 1.165) is 23.1 Å². The van der Waals surface area contributed by atoms with Crippen LogP contribution in [-0.4, -0.2) is 11.4 Å². The summed E-state index contributed by atoms with van der Waals surface area (Å²) in [5, 5.41) is 2.95. The van der Waals surface area contributed by atoms with E-state index in [1.165, 1.54) is 0 Å². The highest BCUT2D eigenvalue weighted by atomic mass is 16.5. The molecule has 0 radical (unpaired) electrons. The molecule has 0 heterocycles. The zero-order chi connectivity index (χ0) is 18.1. The van der Waals surface area contributed by atoms with Crippen molar-refractivity contribution in [3.05, 3.63) is 71.3 Å². The molecule has 4 heteroatoms. The smallest absolute Gasteiger partial charge is 0.240 e. The average Bonchev–Trinajstić information content (AvgIpc) is 2.61. The van der Waals surface area contributed by atoms with E-state index in [1.54, 1.807) is 6.92 Å². The van der Waals surface area contributed by atoms with Crippen molar-refractivity contribution in [2.24, 2.45) is 5.73 Å². The van der Waals surface area contributed by atoms with Crippen LogP contribution in [0.15, 0.2) is 54.6 Å². The number of hydrogen-bond acceptors (Lipinski definition) is 3. The number of amides is 1. The van der Waals surface area contributed by atoms with Crippen molar-refractivity contribution in [3.8, 4) is 0 Å². The molecule has 1 atom stereocenters. The van der Waals surface area contributed by atoms with E-state index in [1.807, 2.05) is 61.5 Å². The van der Waals surface area contributed by atoms with E-state index in [9.17, 15) is 4.79 Å². The molecule has 0 aliphatic carbocycles. The van der Waals surface area contributed by atoms with Crippen molar-refractivity contribution in [1.82, 2.24) is 5.32 Å². The molecule has 0 aliphatic heterocycles. The van der Waals surface area contributed by atoms with E-state index in [4.69, 9.17) is 10.5 Å². The summed E-state index contributed by atoms with van der Waals surface area (Å²) in [6.45, 7) is 5.34. The van der Waals surface area contributed by atoms with Crippen LogP contribution < -0.4 is 11.1 Å². The molecule has 1 unspecified atom stereocenters. The fraction of sp³-hybridized carbons (Fsp3) is 0.381. The minimum Gasteiger partial charge on any atom is -0.372 e. The quantitative estimate of drug-likeness (QED) is 0.734. The molecule has 2 rings (SSSR count). The third-order valence-corrected chi connectivity index (χ3v) is 4.21. The predicted molar refractivity (Wildman–Crippen MR) is 101 cm³/mol. The van der Waals surface area contributed by atoms with Gasteiger partial charge in [-0.1, -0.05) is 67.9 Å². The second-order valence-electron chi connectivity index (χ2n) is 6.60. The first-order chi connectivity index (χ1) is 12.0. The second kappa shape index (κ2) is 9.35. The van der Waals surface area contributed by atoms with Crippen molar-refractivity contribution in [1.29, 1.82) is 0 Å². The lowest BCUT2D eigenvalue weighted by Gasteiger charge is -2.23. The number of nitrogens with two attached hydrogens (primary N) is 1. The molecule has 0 bridgehead atoms. The summed E-state index contributed by atoms with van der Waals surface area (Å²) < 4.78 is 5.82. The van der Waals surface area contributed by atoms with Gasteiger partial charge in [-0.2, -0.15) is 0 Å². The van der Waals surface area contributed by atoms with E-state index >= 15 is 0 Å². The minimum atomic E-state index is -0.826. The maximum absolute atomic E-state index is 12.3. The Morgan fingerprint density at radius 3 is 2.36 bits per heavy atom. The molecule has 3 N–H and O–H groups in total. The summed E-state index contributed by atoms with van der Waals surface area (Å²) in [6, 6.07) is 18.1. The summed E-state index contributed by atoms with van der Waals surface area (Å²) in [4.78, 5) is 12.3. The number of hydrogen-bond donors (Lipinski definition) is 2. The van der Waals surface area contributed by atoms with Gasteiger partial charge in [0.05, 0.1) is 18.8 Å². The number of carbonyl (C=O) groups excluding carboxylic acids is 1. The Hall–Kier alpha value is -2.17. The summed E-state index contributed by atoms with van der Waals surface area (Å²) in [5.74, 6) is -0.116. The lowest BCUT2D eigenvalue weighted by molar-refractivity contribution is -0.126. The second-order valence-corrected chi connectivity index (χ2v) is 6.60. The summed E-state index contributed by atoms with van der Waals surface area (Å²) in [7, 11) is 0. The lowest BCUT2D eigenvalue weighted by atomic mass is 9.96. The van der Waals surface area contributed by atoms with Crippen molar-refractivity contribution < 1.29 is 9.53 Å². The van der Waals surface area contributed by atoms with Crippen LogP contribution in [0.2, 0.25) is 0 Å². The molecule has 0 fully saturated rings. The Bertz CT molecular complexity index is 669. The van der Waals surface area contributed by atoms with Gasteiger partial charge >= 0.3 is 0 Å². The van der Waals surface area contributed by atoms with Crippen LogP contribution in [0.3, 0.4) is 0 Å². The molecule has 0 aromatic heterocycles. The van der Waals surface area contributed by atoms with Crippen LogP contribution in [0.25, 0.3) is 0 Å². The average molecular weight is 340 g/mol. The van der Waals surface area contributed by atoms with Gasteiger partial charge in [-0.3, -0.25) is 4.79 Å². The van der Waals surface area contributed by atoms with Crippen LogP contribution in [-0.2, 0) is 29.3 Å². The Balaban J connectivity index is 1.90. The monoisotopic (exact) mass is 340 g/mol. The third kappa shape index (κ3) is 6.00. The number of nitrogens with one attached hydrogen (secondary N) is 1. The van der Waals surface area contributed by atoms with E-state index in [0.29, 0.717) is 26.2 Å². The van der Waals surface area contributed by atoms with E-state index in [-0.39, 0.29) is 5.91 Å². The molecular formula is C21H28N2O2. The van der Waals surface area contributed by atoms with Crippen LogP contribution in [0.5, 0.6) is 0 Å². The van der Waals surface area contributed by atoms with Gasteiger partial charge in [-0.25, -0.2) is 0 Å². The first-order valence-electron chi connectivity index (χ1n) is 8.78. The van der Waals surface area contributed by atoms with Gasteiger partial charge in [0.2, 0.25) is 5.91 Å². The van der Waals surface area contributed by atoms with Gasteiger partial charge in [-0.05, 0) is 30.0 Å². The predicted octanol–water partition coefficient (Wildman–Crippen LogP) is 3.54. The Labute approximate surface area is 150 Å². The highest BCUT2D eigenvalue weighted by Crippen LogP contribution is 2.13. The molecule has 4 nitrogen and oxygen atoms in total. The van der Waals surface area contributed by atoms with E-state index in [2.05, 4.69) is 5.32 Å². The van der Waals surface area contributed by atoms with Gasteiger partial charge in [0.25, 0.3) is 0 Å². The number of rotatable bonds is 9. The molecule has 25 heavy (non-hydrogen) atoms. The molecule has 0 saturated heterocycles. The largest absolute Gasteiger partial charge is 0.372 e. The first kappa shape index (κ1) is 19.2. The van der Waals surface area contributed by atoms with Crippen molar-refractivity contribution >= 4 is 5.91 Å². The lowest BCUT2D eigenvalue weighted by Crippen LogP contribution is -2.51. The van der Waals surface area contributed by atoms with Gasteiger partial charge < -0.3 is 15.8 Å².